The predicted octanol–water partition coefficient (Wildman–Crippen LogP) is 7.89. The summed E-state index contributed by atoms with van der Waals surface area (Å²) in [5.41, 5.74) is 0. The van der Waals surface area contributed by atoms with E-state index in [9.17, 15) is 15.0 Å². The molecule has 0 aliphatic rings. The van der Waals surface area contributed by atoms with Gasteiger partial charge in [0.1, 0.15) is 0 Å². The summed E-state index contributed by atoms with van der Waals surface area (Å²) in [6.45, 7) is 4.11. The molecule has 2 N–H and O–H groups in total. The molecule has 168 valence electrons. The van der Waals surface area contributed by atoms with Crippen molar-refractivity contribution in [3.63, 3.8) is 0 Å². The Balaban J connectivity index is 3.43. The molecule has 0 saturated heterocycles. The van der Waals surface area contributed by atoms with Gasteiger partial charge in [-0.1, -0.05) is 116 Å². The van der Waals surface area contributed by atoms with Gasteiger partial charge in [0.2, 0.25) is 0 Å². The number of aliphatic hydroxyl groups is 1. The van der Waals surface area contributed by atoms with Gasteiger partial charge in [-0.25, -0.2) is 0 Å². The van der Waals surface area contributed by atoms with Crippen molar-refractivity contribution in [2.45, 2.75) is 148 Å². The molecule has 0 rings (SSSR count). The summed E-state index contributed by atoms with van der Waals surface area (Å²) < 4.78 is 0. The molecule has 2 atom stereocenters. The molecule has 0 spiro atoms. The number of rotatable bonds is 22. The molecular formula is C25H50O3. The first-order chi connectivity index (χ1) is 13.6. The zero-order valence-electron chi connectivity index (χ0n) is 19.1. The summed E-state index contributed by atoms with van der Waals surface area (Å²) in [5, 5.41) is 18.6. The van der Waals surface area contributed by atoms with Crippen molar-refractivity contribution in [3.05, 3.63) is 0 Å². The highest BCUT2D eigenvalue weighted by molar-refractivity contribution is 5.69. The Morgan fingerprint density at radius 2 is 0.929 bits per heavy atom. The Hall–Kier alpha value is -0.570. The number of carboxylic acids is 1. The first-order valence-corrected chi connectivity index (χ1v) is 12.5. The van der Waals surface area contributed by atoms with Crippen LogP contribution >= 0.6 is 0 Å². The van der Waals surface area contributed by atoms with Crippen LogP contribution in [0.2, 0.25) is 0 Å². The van der Waals surface area contributed by atoms with Gasteiger partial charge in [-0.15, -0.1) is 0 Å². The summed E-state index contributed by atoms with van der Waals surface area (Å²) in [6, 6.07) is 0. The lowest BCUT2D eigenvalue weighted by molar-refractivity contribution is -0.142. The van der Waals surface area contributed by atoms with Crippen LogP contribution in [0, 0.1) is 5.92 Å². The maximum atomic E-state index is 11.4. The minimum Gasteiger partial charge on any atom is -0.481 e. The maximum absolute atomic E-state index is 11.4. The van der Waals surface area contributed by atoms with Crippen LogP contribution in [0.4, 0.5) is 0 Å². The van der Waals surface area contributed by atoms with Crippen molar-refractivity contribution in [2.24, 2.45) is 5.92 Å². The lowest BCUT2D eigenvalue weighted by Gasteiger charge is -2.12. The monoisotopic (exact) mass is 398 g/mol. The van der Waals surface area contributed by atoms with Gasteiger partial charge in [0.25, 0.3) is 0 Å². The number of aliphatic hydroxyl groups excluding tert-OH is 1. The Morgan fingerprint density at radius 1 is 0.607 bits per heavy atom. The van der Waals surface area contributed by atoms with E-state index >= 15 is 0 Å². The molecule has 0 fully saturated rings. The van der Waals surface area contributed by atoms with Crippen molar-refractivity contribution >= 4 is 5.97 Å². The Bertz CT molecular complexity index is 328. The normalized spacial score (nSPS) is 13.5. The SMILES string of the molecule is CCCCCCCCCC(CCCCCCCCCCCCC(C)O)C(=O)O. The molecule has 0 aliphatic carbocycles. The van der Waals surface area contributed by atoms with Crippen LogP contribution in [0.5, 0.6) is 0 Å². The Morgan fingerprint density at radius 3 is 1.25 bits per heavy atom. The van der Waals surface area contributed by atoms with E-state index in [2.05, 4.69) is 6.92 Å². The lowest BCUT2D eigenvalue weighted by atomic mass is 9.94. The smallest absolute Gasteiger partial charge is 0.306 e. The second kappa shape index (κ2) is 21.1. The predicted molar refractivity (Wildman–Crippen MR) is 121 cm³/mol. The molecule has 2 unspecified atom stereocenters. The highest BCUT2D eigenvalue weighted by Crippen LogP contribution is 2.20. The maximum Gasteiger partial charge on any atom is 0.306 e. The molecular weight excluding hydrogens is 348 g/mol. The third kappa shape index (κ3) is 20.2. The fraction of sp³-hybridized carbons (Fsp3) is 0.960. The van der Waals surface area contributed by atoms with E-state index in [0.29, 0.717) is 0 Å². The quantitative estimate of drug-likeness (QED) is 0.182. The van der Waals surface area contributed by atoms with E-state index in [4.69, 9.17) is 0 Å². The minimum atomic E-state index is -0.582. The van der Waals surface area contributed by atoms with E-state index in [0.717, 1.165) is 38.5 Å². The van der Waals surface area contributed by atoms with Crippen molar-refractivity contribution in [2.75, 3.05) is 0 Å². The first-order valence-electron chi connectivity index (χ1n) is 12.5. The standard InChI is InChI=1S/C25H50O3/c1-3-4-5-6-11-15-18-21-24(25(27)28)22-19-16-13-10-8-7-9-12-14-17-20-23(2)26/h23-24,26H,3-22H2,1-2H3,(H,27,28). The molecule has 0 amide bonds. The molecule has 3 nitrogen and oxygen atoms in total. The van der Waals surface area contributed by atoms with Gasteiger partial charge in [-0.3, -0.25) is 4.79 Å². The molecule has 0 heterocycles. The zero-order chi connectivity index (χ0) is 20.9. The lowest BCUT2D eigenvalue weighted by Crippen LogP contribution is -2.13. The van der Waals surface area contributed by atoms with Crippen LogP contribution in [0.1, 0.15) is 142 Å². The molecule has 28 heavy (non-hydrogen) atoms. The largest absolute Gasteiger partial charge is 0.481 e. The van der Waals surface area contributed by atoms with Crippen molar-refractivity contribution in [3.8, 4) is 0 Å². The van der Waals surface area contributed by atoms with Gasteiger partial charge in [0, 0.05) is 0 Å². The van der Waals surface area contributed by atoms with E-state index in [1.165, 1.54) is 89.9 Å². The fourth-order valence-electron chi connectivity index (χ4n) is 3.98. The van der Waals surface area contributed by atoms with Crippen molar-refractivity contribution < 1.29 is 15.0 Å². The summed E-state index contributed by atoms with van der Waals surface area (Å²) >= 11 is 0. The summed E-state index contributed by atoms with van der Waals surface area (Å²) in [4.78, 5) is 11.4. The molecule has 0 aromatic carbocycles. The molecule has 0 aliphatic heterocycles. The molecule has 3 heteroatoms. The second-order valence-corrected chi connectivity index (χ2v) is 8.91. The number of aliphatic carboxylic acids is 1. The summed E-state index contributed by atoms with van der Waals surface area (Å²) in [6.07, 6.45) is 23.8. The number of carbonyl (C=O) groups is 1. The van der Waals surface area contributed by atoms with Crippen LogP contribution in [0.3, 0.4) is 0 Å². The van der Waals surface area contributed by atoms with E-state index in [1.54, 1.807) is 0 Å². The topological polar surface area (TPSA) is 57.5 Å². The number of hydrogen-bond acceptors (Lipinski definition) is 2. The Kier molecular flexibility index (Phi) is 20.7. The molecule has 0 aromatic heterocycles. The van der Waals surface area contributed by atoms with Crippen LogP contribution in [-0.2, 0) is 4.79 Å². The highest BCUT2D eigenvalue weighted by atomic mass is 16.4. The first kappa shape index (κ1) is 27.4. The van der Waals surface area contributed by atoms with Crippen LogP contribution in [0.25, 0.3) is 0 Å². The number of carboxylic acid groups (broad SMARTS) is 1. The van der Waals surface area contributed by atoms with E-state index < -0.39 is 5.97 Å². The van der Waals surface area contributed by atoms with Crippen LogP contribution < -0.4 is 0 Å². The van der Waals surface area contributed by atoms with Gasteiger partial charge in [-0.05, 0) is 26.2 Å². The van der Waals surface area contributed by atoms with Crippen LogP contribution in [0.15, 0.2) is 0 Å². The average Bonchev–Trinajstić information content (AvgIpc) is 2.65. The van der Waals surface area contributed by atoms with E-state index in [-0.39, 0.29) is 12.0 Å². The van der Waals surface area contributed by atoms with Gasteiger partial charge < -0.3 is 10.2 Å². The fourth-order valence-corrected chi connectivity index (χ4v) is 3.98. The molecule has 0 bridgehead atoms. The van der Waals surface area contributed by atoms with Gasteiger partial charge in [-0.2, -0.15) is 0 Å². The number of hydrogen-bond donors (Lipinski definition) is 2. The van der Waals surface area contributed by atoms with Crippen LogP contribution in [-0.4, -0.2) is 22.3 Å². The van der Waals surface area contributed by atoms with Crippen molar-refractivity contribution in [1.82, 2.24) is 0 Å². The third-order valence-corrected chi connectivity index (χ3v) is 5.93. The third-order valence-electron chi connectivity index (χ3n) is 5.93. The highest BCUT2D eigenvalue weighted by Gasteiger charge is 2.16. The molecule has 0 saturated carbocycles. The van der Waals surface area contributed by atoms with E-state index in [1.807, 2.05) is 6.92 Å². The summed E-state index contributed by atoms with van der Waals surface area (Å²) in [5.74, 6) is -0.696. The average molecular weight is 399 g/mol. The second-order valence-electron chi connectivity index (χ2n) is 8.91. The Labute approximate surface area is 175 Å². The minimum absolute atomic E-state index is 0.114. The van der Waals surface area contributed by atoms with Gasteiger partial charge in [0.15, 0.2) is 0 Å². The van der Waals surface area contributed by atoms with Gasteiger partial charge in [0.05, 0.1) is 12.0 Å². The number of unbranched alkanes of at least 4 members (excludes halogenated alkanes) is 15. The molecule has 0 aromatic rings. The van der Waals surface area contributed by atoms with Gasteiger partial charge >= 0.3 is 5.97 Å². The molecule has 0 radical (unpaired) electrons. The van der Waals surface area contributed by atoms with Crippen molar-refractivity contribution in [1.29, 1.82) is 0 Å². The summed E-state index contributed by atoms with van der Waals surface area (Å²) in [7, 11) is 0. The zero-order valence-corrected chi connectivity index (χ0v) is 19.1.